The summed E-state index contributed by atoms with van der Waals surface area (Å²) in [7, 11) is 0. The monoisotopic (exact) mass is 267 g/mol. The minimum Gasteiger partial charge on any atom is -0.480 e. The van der Waals surface area contributed by atoms with Crippen LogP contribution in [-0.2, 0) is 11.3 Å². The molecular weight excluding hydrogens is 250 g/mol. The van der Waals surface area contributed by atoms with Gasteiger partial charge in [0.1, 0.15) is 0 Å². The molecule has 0 aromatic carbocycles. The second-order valence-electron chi connectivity index (χ2n) is 4.38. The van der Waals surface area contributed by atoms with Gasteiger partial charge in [0.15, 0.2) is 4.96 Å². The van der Waals surface area contributed by atoms with Crippen molar-refractivity contribution >= 4 is 22.3 Å². The van der Waals surface area contributed by atoms with Gasteiger partial charge in [-0.25, -0.2) is 4.98 Å². The van der Waals surface area contributed by atoms with Crippen molar-refractivity contribution in [2.45, 2.75) is 32.9 Å². The highest BCUT2D eigenvalue weighted by molar-refractivity contribution is 7.15. The standard InChI is InChI=1S/C12H17N3O2S/c1-3-9(2)15(8-11(16)17)7-10-6-14-4-5-18-12(14)13-10/h4-6,9H,3,7-8H2,1-2H3,(H,16,17). The number of fused-ring (bicyclic) bond motifs is 1. The SMILES string of the molecule is CCC(C)N(CC(=O)O)Cc1cn2ccsc2n1. The lowest BCUT2D eigenvalue weighted by Gasteiger charge is -2.25. The number of hydrogen-bond acceptors (Lipinski definition) is 4. The normalized spacial score (nSPS) is 13.3. The Morgan fingerprint density at radius 1 is 1.67 bits per heavy atom. The second-order valence-corrected chi connectivity index (χ2v) is 5.25. The lowest BCUT2D eigenvalue weighted by Crippen LogP contribution is -2.36. The molecule has 98 valence electrons. The first-order chi connectivity index (χ1) is 8.60. The zero-order chi connectivity index (χ0) is 13.1. The number of nitrogens with zero attached hydrogens (tertiary/aromatic N) is 3. The number of carboxylic acid groups (broad SMARTS) is 1. The predicted octanol–water partition coefficient (Wildman–Crippen LogP) is 2.08. The fourth-order valence-corrected chi connectivity index (χ4v) is 2.58. The highest BCUT2D eigenvalue weighted by Gasteiger charge is 2.17. The zero-order valence-electron chi connectivity index (χ0n) is 10.5. The fourth-order valence-electron chi connectivity index (χ4n) is 1.86. The summed E-state index contributed by atoms with van der Waals surface area (Å²) in [4.78, 5) is 18.2. The van der Waals surface area contributed by atoms with Crippen LogP contribution in [0.15, 0.2) is 17.8 Å². The maximum absolute atomic E-state index is 10.9. The maximum Gasteiger partial charge on any atom is 0.317 e. The molecule has 0 radical (unpaired) electrons. The number of carboxylic acids is 1. The largest absolute Gasteiger partial charge is 0.480 e. The first-order valence-corrected chi connectivity index (χ1v) is 6.85. The summed E-state index contributed by atoms with van der Waals surface area (Å²) < 4.78 is 1.97. The first kappa shape index (κ1) is 13.0. The Balaban J connectivity index is 2.12. The Hall–Kier alpha value is -1.40. The van der Waals surface area contributed by atoms with E-state index in [1.165, 1.54) is 0 Å². The van der Waals surface area contributed by atoms with E-state index in [9.17, 15) is 4.79 Å². The van der Waals surface area contributed by atoms with Gasteiger partial charge in [0.2, 0.25) is 0 Å². The van der Waals surface area contributed by atoms with Crippen LogP contribution >= 0.6 is 11.3 Å². The summed E-state index contributed by atoms with van der Waals surface area (Å²) in [6.45, 7) is 4.74. The predicted molar refractivity (Wildman–Crippen MR) is 70.9 cm³/mol. The van der Waals surface area contributed by atoms with E-state index < -0.39 is 5.97 Å². The summed E-state index contributed by atoms with van der Waals surface area (Å²) in [5.41, 5.74) is 0.920. The van der Waals surface area contributed by atoms with E-state index >= 15 is 0 Å². The molecule has 2 rings (SSSR count). The van der Waals surface area contributed by atoms with Crippen molar-refractivity contribution in [3.05, 3.63) is 23.5 Å². The molecule has 2 aromatic rings. The molecule has 18 heavy (non-hydrogen) atoms. The molecule has 1 N–H and O–H groups in total. The number of carbonyl (C=O) groups is 1. The van der Waals surface area contributed by atoms with Gasteiger partial charge in [0, 0.05) is 30.4 Å². The number of thiazole rings is 1. The van der Waals surface area contributed by atoms with Crippen molar-refractivity contribution in [2.75, 3.05) is 6.54 Å². The maximum atomic E-state index is 10.9. The van der Waals surface area contributed by atoms with Crippen LogP contribution in [0, 0.1) is 0 Å². The fraction of sp³-hybridized carbons (Fsp3) is 0.500. The minimum atomic E-state index is -0.795. The molecule has 0 amide bonds. The number of aromatic nitrogens is 2. The summed E-state index contributed by atoms with van der Waals surface area (Å²) >= 11 is 1.58. The van der Waals surface area contributed by atoms with Crippen molar-refractivity contribution < 1.29 is 9.90 Å². The second kappa shape index (κ2) is 5.49. The smallest absolute Gasteiger partial charge is 0.317 e. The Morgan fingerprint density at radius 3 is 3.06 bits per heavy atom. The van der Waals surface area contributed by atoms with Crippen molar-refractivity contribution in [3.63, 3.8) is 0 Å². The Bertz CT molecular complexity index is 506. The van der Waals surface area contributed by atoms with E-state index in [-0.39, 0.29) is 12.6 Å². The molecule has 0 saturated heterocycles. The van der Waals surface area contributed by atoms with Crippen LogP contribution in [0.2, 0.25) is 0 Å². The summed E-state index contributed by atoms with van der Waals surface area (Å²) in [5.74, 6) is -0.795. The van der Waals surface area contributed by atoms with Crippen LogP contribution in [0.25, 0.3) is 4.96 Å². The van der Waals surface area contributed by atoms with E-state index in [4.69, 9.17) is 5.11 Å². The average Bonchev–Trinajstić information content (AvgIpc) is 2.86. The molecule has 0 aliphatic carbocycles. The van der Waals surface area contributed by atoms with Gasteiger partial charge in [0.25, 0.3) is 0 Å². The van der Waals surface area contributed by atoms with Crippen molar-refractivity contribution in [1.82, 2.24) is 14.3 Å². The number of imidazole rings is 1. The van der Waals surface area contributed by atoms with E-state index in [1.807, 2.05) is 34.0 Å². The minimum absolute atomic E-state index is 0.0557. The third-order valence-corrected chi connectivity index (χ3v) is 3.83. The van der Waals surface area contributed by atoms with Gasteiger partial charge in [-0.05, 0) is 13.3 Å². The molecule has 0 aliphatic heterocycles. The van der Waals surface area contributed by atoms with E-state index in [0.29, 0.717) is 6.54 Å². The quantitative estimate of drug-likeness (QED) is 0.870. The summed E-state index contributed by atoms with van der Waals surface area (Å²) in [6, 6.07) is 0.237. The molecule has 0 fully saturated rings. The van der Waals surface area contributed by atoms with E-state index in [0.717, 1.165) is 17.1 Å². The highest BCUT2D eigenvalue weighted by atomic mass is 32.1. The lowest BCUT2D eigenvalue weighted by molar-refractivity contribution is -0.139. The van der Waals surface area contributed by atoms with Crippen LogP contribution in [-0.4, -0.2) is 37.9 Å². The van der Waals surface area contributed by atoms with E-state index in [1.54, 1.807) is 11.3 Å². The van der Waals surface area contributed by atoms with Crippen molar-refractivity contribution in [2.24, 2.45) is 0 Å². The van der Waals surface area contributed by atoms with Crippen LogP contribution in [0.3, 0.4) is 0 Å². The third kappa shape index (κ3) is 2.88. The molecular formula is C12H17N3O2S. The van der Waals surface area contributed by atoms with Gasteiger partial charge >= 0.3 is 5.97 Å². The van der Waals surface area contributed by atoms with Crippen molar-refractivity contribution in [3.8, 4) is 0 Å². The zero-order valence-corrected chi connectivity index (χ0v) is 11.4. The molecule has 2 aromatic heterocycles. The Kier molecular flexibility index (Phi) is 3.98. The van der Waals surface area contributed by atoms with E-state index in [2.05, 4.69) is 11.9 Å². The Labute approximate surface area is 110 Å². The number of aliphatic carboxylic acids is 1. The Morgan fingerprint density at radius 2 is 2.44 bits per heavy atom. The van der Waals surface area contributed by atoms with Gasteiger partial charge in [-0.15, -0.1) is 11.3 Å². The first-order valence-electron chi connectivity index (χ1n) is 5.97. The topological polar surface area (TPSA) is 57.8 Å². The lowest BCUT2D eigenvalue weighted by atomic mass is 10.2. The van der Waals surface area contributed by atoms with Gasteiger partial charge in [-0.1, -0.05) is 6.92 Å². The van der Waals surface area contributed by atoms with Crippen LogP contribution in [0.1, 0.15) is 26.0 Å². The molecule has 0 saturated carbocycles. The van der Waals surface area contributed by atoms with Gasteiger partial charge in [-0.2, -0.15) is 0 Å². The summed E-state index contributed by atoms with van der Waals surface area (Å²) in [6.07, 6.45) is 4.85. The molecule has 0 spiro atoms. The van der Waals surface area contributed by atoms with Gasteiger partial charge in [0.05, 0.1) is 12.2 Å². The molecule has 6 heteroatoms. The third-order valence-electron chi connectivity index (χ3n) is 3.06. The molecule has 1 atom stereocenters. The number of rotatable bonds is 6. The molecule has 0 bridgehead atoms. The average molecular weight is 267 g/mol. The van der Waals surface area contributed by atoms with Crippen LogP contribution in [0.5, 0.6) is 0 Å². The molecule has 0 aliphatic rings. The summed E-state index contributed by atoms with van der Waals surface area (Å²) in [5, 5.41) is 10.9. The highest BCUT2D eigenvalue weighted by Crippen LogP contribution is 2.14. The van der Waals surface area contributed by atoms with Gasteiger partial charge < -0.3 is 5.11 Å². The molecule has 2 heterocycles. The molecule has 1 unspecified atom stereocenters. The van der Waals surface area contributed by atoms with Gasteiger partial charge in [-0.3, -0.25) is 14.1 Å². The number of hydrogen-bond donors (Lipinski definition) is 1. The van der Waals surface area contributed by atoms with Crippen LogP contribution < -0.4 is 0 Å². The molecule has 5 nitrogen and oxygen atoms in total. The van der Waals surface area contributed by atoms with Crippen molar-refractivity contribution in [1.29, 1.82) is 0 Å². The van der Waals surface area contributed by atoms with Crippen LogP contribution in [0.4, 0.5) is 0 Å².